The summed E-state index contributed by atoms with van der Waals surface area (Å²) in [6.07, 6.45) is 4.42. The van der Waals surface area contributed by atoms with Crippen LogP contribution >= 0.6 is 11.8 Å². The predicted molar refractivity (Wildman–Crippen MR) is 106 cm³/mol. The molecule has 1 saturated heterocycles. The van der Waals surface area contributed by atoms with E-state index in [0.717, 1.165) is 35.9 Å². The van der Waals surface area contributed by atoms with Crippen molar-refractivity contribution in [3.8, 4) is 5.69 Å². The second-order valence-electron chi connectivity index (χ2n) is 7.10. The number of amides is 1. The van der Waals surface area contributed by atoms with Crippen LogP contribution in [0.4, 0.5) is 0 Å². The van der Waals surface area contributed by atoms with Crippen LogP contribution in [0.3, 0.4) is 0 Å². The minimum absolute atomic E-state index is 0.197. The van der Waals surface area contributed by atoms with Crippen LogP contribution < -0.4 is 0 Å². The lowest BCUT2D eigenvalue weighted by Crippen LogP contribution is -2.48. The summed E-state index contributed by atoms with van der Waals surface area (Å²) in [5, 5.41) is 9.29. The summed E-state index contributed by atoms with van der Waals surface area (Å²) in [4.78, 5) is 14.8. The van der Waals surface area contributed by atoms with E-state index in [0.29, 0.717) is 17.8 Å². The predicted octanol–water partition coefficient (Wildman–Crippen LogP) is 4.02. The summed E-state index contributed by atoms with van der Waals surface area (Å²) in [5.74, 6) is 1.44. The van der Waals surface area contributed by atoms with Gasteiger partial charge in [0.25, 0.3) is 0 Å². The van der Waals surface area contributed by atoms with Gasteiger partial charge in [0.1, 0.15) is 5.82 Å². The van der Waals surface area contributed by atoms with E-state index in [9.17, 15) is 4.79 Å². The van der Waals surface area contributed by atoms with Gasteiger partial charge in [0.15, 0.2) is 5.16 Å². The molecule has 5 nitrogen and oxygen atoms in total. The van der Waals surface area contributed by atoms with Crippen molar-refractivity contribution < 1.29 is 4.79 Å². The molecule has 0 bridgehead atoms. The fourth-order valence-electron chi connectivity index (χ4n) is 3.73. The van der Waals surface area contributed by atoms with E-state index in [2.05, 4.69) is 60.1 Å². The van der Waals surface area contributed by atoms with Crippen LogP contribution in [0, 0.1) is 6.92 Å². The Bertz CT molecular complexity index is 746. The fourth-order valence-corrected chi connectivity index (χ4v) is 4.59. The van der Waals surface area contributed by atoms with Gasteiger partial charge in [-0.05, 0) is 64.2 Å². The highest BCUT2D eigenvalue weighted by molar-refractivity contribution is 7.99. The van der Waals surface area contributed by atoms with E-state index in [4.69, 9.17) is 0 Å². The SMILES string of the molecule is CCc1ccc(-n2c(C)nnc2SCC(=O)N2[C@H](C)CCC[C@@H]2C)cc1. The van der Waals surface area contributed by atoms with Crippen LogP contribution in [0.15, 0.2) is 29.4 Å². The Morgan fingerprint density at radius 2 is 1.81 bits per heavy atom. The van der Waals surface area contributed by atoms with Crippen LogP contribution in [0.5, 0.6) is 0 Å². The van der Waals surface area contributed by atoms with Gasteiger partial charge >= 0.3 is 0 Å². The van der Waals surface area contributed by atoms with Crippen molar-refractivity contribution in [2.24, 2.45) is 0 Å². The molecule has 1 aromatic carbocycles. The van der Waals surface area contributed by atoms with E-state index in [1.807, 2.05) is 11.5 Å². The number of carbonyl (C=O) groups is 1. The number of aryl methyl sites for hydroxylation is 2. The zero-order valence-corrected chi connectivity index (χ0v) is 16.9. The molecule has 1 amide bonds. The number of hydrogen-bond acceptors (Lipinski definition) is 4. The summed E-state index contributed by atoms with van der Waals surface area (Å²) in [7, 11) is 0. The molecule has 6 heteroatoms. The Kier molecular flexibility index (Phi) is 6.01. The summed E-state index contributed by atoms with van der Waals surface area (Å²) in [6, 6.07) is 9.10. The van der Waals surface area contributed by atoms with Crippen molar-refractivity contribution in [3.05, 3.63) is 35.7 Å². The van der Waals surface area contributed by atoms with Crippen molar-refractivity contribution >= 4 is 17.7 Å². The van der Waals surface area contributed by atoms with E-state index in [1.165, 1.54) is 23.7 Å². The minimum atomic E-state index is 0.197. The van der Waals surface area contributed by atoms with Crippen molar-refractivity contribution in [1.82, 2.24) is 19.7 Å². The first-order valence-corrected chi connectivity index (χ1v) is 10.4. The highest BCUT2D eigenvalue weighted by Gasteiger charge is 2.29. The number of nitrogens with zero attached hydrogens (tertiary/aromatic N) is 4. The van der Waals surface area contributed by atoms with Gasteiger partial charge in [-0.1, -0.05) is 30.8 Å². The quantitative estimate of drug-likeness (QED) is 0.744. The number of rotatable bonds is 5. The normalized spacial score (nSPS) is 20.4. The number of carbonyl (C=O) groups excluding carboxylic acids is 1. The van der Waals surface area contributed by atoms with E-state index < -0.39 is 0 Å². The molecule has 0 spiro atoms. The first-order valence-electron chi connectivity index (χ1n) is 9.46. The highest BCUT2D eigenvalue weighted by atomic mass is 32.2. The molecule has 2 heterocycles. The van der Waals surface area contributed by atoms with Crippen molar-refractivity contribution in [1.29, 1.82) is 0 Å². The minimum Gasteiger partial charge on any atom is -0.337 e. The molecule has 1 aliphatic heterocycles. The maximum atomic E-state index is 12.8. The molecule has 3 rings (SSSR count). The number of hydrogen-bond donors (Lipinski definition) is 0. The molecule has 0 unspecified atom stereocenters. The molecule has 1 fully saturated rings. The van der Waals surface area contributed by atoms with Crippen LogP contribution in [0.2, 0.25) is 0 Å². The van der Waals surface area contributed by atoms with Gasteiger partial charge in [0.05, 0.1) is 5.75 Å². The maximum absolute atomic E-state index is 12.8. The molecule has 0 aliphatic carbocycles. The summed E-state index contributed by atoms with van der Waals surface area (Å²) < 4.78 is 2.03. The van der Waals surface area contributed by atoms with E-state index in [-0.39, 0.29) is 5.91 Å². The molecular formula is C20H28N4OS. The topological polar surface area (TPSA) is 51.0 Å². The van der Waals surface area contributed by atoms with Crippen molar-refractivity contribution in [3.63, 3.8) is 0 Å². The molecule has 0 saturated carbocycles. The Hall–Kier alpha value is -1.82. The number of benzene rings is 1. The molecule has 140 valence electrons. The Morgan fingerprint density at radius 1 is 1.15 bits per heavy atom. The van der Waals surface area contributed by atoms with Crippen molar-refractivity contribution in [2.45, 2.75) is 70.6 Å². The van der Waals surface area contributed by atoms with Gasteiger partial charge in [-0.2, -0.15) is 0 Å². The fraction of sp³-hybridized carbons (Fsp3) is 0.550. The Balaban J connectivity index is 1.73. The Morgan fingerprint density at radius 3 is 2.42 bits per heavy atom. The summed E-state index contributed by atoms with van der Waals surface area (Å²) >= 11 is 1.48. The summed E-state index contributed by atoms with van der Waals surface area (Å²) in [6.45, 7) is 8.40. The zero-order valence-electron chi connectivity index (χ0n) is 16.1. The van der Waals surface area contributed by atoms with E-state index in [1.54, 1.807) is 0 Å². The molecular weight excluding hydrogens is 344 g/mol. The van der Waals surface area contributed by atoms with Gasteiger partial charge in [0, 0.05) is 17.8 Å². The monoisotopic (exact) mass is 372 g/mol. The number of thioether (sulfide) groups is 1. The number of aromatic nitrogens is 3. The van der Waals surface area contributed by atoms with Crippen molar-refractivity contribution in [2.75, 3.05) is 5.75 Å². The van der Waals surface area contributed by atoms with Gasteiger partial charge < -0.3 is 4.90 Å². The van der Waals surface area contributed by atoms with E-state index >= 15 is 0 Å². The smallest absolute Gasteiger partial charge is 0.233 e. The van der Waals surface area contributed by atoms with Crippen LogP contribution in [0.1, 0.15) is 51.4 Å². The number of likely N-dealkylation sites (tertiary alicyclic amines) is 1. The van der Waals surface area contributed by atoms with Gasteiger partial charge in [0.2, 0.25) is 5.91 Å². The lowest BCUT2D eigenvalue weighted by atomic mass is 9.98. The van der Waals surface area contributed by atoms with Crippen LogP contribution in [-0.4, -0.2) is 43.4 Å². The molecule has 1 aliphatic rings. The second kappa shape index (κ2) is 8.25. The molecule has 2 atom stereocenters. The molecule has 0 radical (unpaired) electrons. The standard InChI is InChI=1S/C20H28N4OS/c1-5-17-9-11-18(12-10-17)24-16(4)21-22-20(24)26-13-19(25)23-14(2)7-6-8-15(23)3/h9-12,14-15H,5-8,13H2,1-4H3/t14-,15+. The first kappa shape index (κ1) is 19.0. The first-order chi connectivity index (χ1) is 12.5. The largest absolute Gasteiger partial charge is 0.337 e. The molecule has 26 heavy (non-hydrogen) atoms. The third-order valence-electron chi connectivity index (χ3n) is 5.20. The molecule has 1 aromatic heterocycles. The van der Waals surface area contributed by atoms with Gasteiger partial charge in [-0.25, -0.2) is 0 Å². The molecule has 0 N–H and O–H groups in total. The average molecular weight is 373 g/mol. The van der Waals surface area contributed by atoms with Crippen LogP contribution in [0.25, 0.3) is 5.69 Å². The molecule has 2 aromatic rings. The number of piperidine rings is 1. The third kappa shape index (κ3) is 3.95. The zero-order chi connectivity index (χ0) is 18.7. The Labute approximate surface area is 160 Å². The highest BCUT2D eigenvalue weighted by Crippen LogP contribution is 2.26. The van der Waals surface area contributed by atoms with Gasteiger partial charge in [-0.15, -0.1) is 10.2 Å². The van der Waals surface area contributed by atoms with Gasteiger partial charge in [-0.3, -0.25) is 9.36 Å². The lowest BCUT2D eigenvalue weighted by Gasteiger charge is -2.39. The van der Waals surface area contributed by atoms with Crippen LogP contribution in [-0.2, 0) is 11.2 Å². The second-order valence-corrected chi connectivity index (χ2v) is 8.05. The maximum Gasteiger partial charge on any atom is 0.233 e. The average Bonchev–Trinajstić information content (AvgIpc) is 3.00. The summed E-state index contributed by atoms with van der Waals surface area (Å²) in [5.41, 5.74) is 2.34. The third-order valence-corrected chi connectivity index (χ3v) is 6.12. The lowest BCUT2D eigenvalue weighted by molar-refractivity contribution is -0.134.